The molecule has 0 heterocycles. The number of rotatable bonds is 9. The molecule has 2 aromatic carbocycles. The maximum absolute atomic E-state index is 10.7. The van der Waals surface area contributed by atoms with E-state index in [1.54, 1.807) is 31.2 Å². The highest BCUT2D eigenvalue weighted by molar-refractivity contribution is 6.31. The lowest BCUT2D eigenvalue weighted by Gasteiger charge is -2.15. The molecule has 140 valence electrons. The molecule has 0 amide bonds. The van der Waals surface area contributed by atoms with Gasteiger partial charge in [-0.1, -0.05) is 11.6 Å². The molecule has 0 fully saturated rings. The third kappa shape index (κ3) is 5.59. The first-order chi connectivity index (χ1) is 12.4. The summed E-state index contributed by atoms with van der Waals surface area (Å²) in [5.41, 5.74) is 1.65. The summed E-state index contributed by atoms with van der Waals surface area (Å²) < 4.78 is 11.1. The topological polar surface area (TPSA) is 93.9 Å². The summed E-state index contributed by atoms with van der Waals surface area (Å²) in [4.78, 5) is 10.2. The molecule has 0 bridgehead atoms. The molecule has 0 saturated heterocycles. The predicted octanol–water partition coefficient (Wildman–Crippen LogP) is 3.31. The average molecular weight is 381 g/mol. The molecule has 2 N–H and O–H groups in total. The quantitative estimate of drug-likeness (QED) is 0.512. The Hall–Kier alpha value is -2.35. The highest BCUT2D eigenvalue weighted by Crippen LogP contribution is 2.34. The van der Waals surface area contributed by atoms with Crippen molar-refractivity contribution < 1.29 is 19.5 Å². The van der Waals surface area contributed by atoms with Crippen LogP contribution in [0.25, 0.3) is 0 Å². The second kappa shape index (κ2) is 9.38. The average Bonchev–Trinajstić information content (AvgIpc) is 2.61. The zero-order valence-corrected chi connectivity index (χ0v) is 15.3. The minimum atomic E-state index is -0.447. The number of ether oxygens (including phenoxy) is 2. The molecule has 2 aromatic rings. The number of hydrogen-bond acceptors (Lipinski definition) is 6. The molecule has 0 aliphatic rings. The molecule has 0 aliphatic heterocycles. The molecule has 26 heavy (non-hydrogen) atoms. The number of nitrogens with one attached hydrogen (secondary N) is 1. The number of aliphatic hydroxyl groups is 1. The summed E-state index contributed by atoms with van der Waals surface area (Å²) in [6, 6.07) is 9.59. The van der Waals surface area contributed by atoms with Crippen molar-refractivity contribution in [3.8, 4) is 11.5 Å². The molecule has 0 spiro atoms. The van der Waals surface area contributed by atoms with Crippen molar-refractivity contribution in [2.24, 2.45) is 0 Å². The van der Waals surface area contributed by atoms with Crippen molar-refractivity contribution in [2.75, 3.05) is 13.7 Å². The summed E-state index contributed by atoms with van der Waals surface area (Å²) in [6.45, 7) is 2.87. The van der Waals surface area contributed by atoms with Crippen LogP contribution in [0.2, 0.25) is 5.02 Å². The predicted molar refractivity (Wildman–Crippen MR) is 98.8 cm³/mol. The number of methoxy groups -OCH3 is 1. The zero-order valence-electron chi connectivity index (χ0n) is 14.6. The Labute approximate surface area is 156 Å². The largest absolute Gasteiger partial charge is 0.493 e. The first kappa shape index (κ1) is 20.0. The van der Waals surface area contributed by atoms with E-state index in [1.165, 1.54) is 19.2 Å². The van der Waals surface area contributed by atoms with E-state index in [0.717, 1.165) is 11.1 Å². The third-order valence-corrected chi connectivity index (χ3v) is 3.98. The van der Waals surface area contributed by atoms with E-state index in [2.05, 4.69) is 5.32 Å². The van der Waals surface area contributed by atoms with E-state index in [-0.39, 0.29) is 12.3 Å². The highest BCUT2D eigenvalue weighted by Gasteiger charge is 2.12. The number of nitro benzene ring substituents is 1. The number of nitrogens with zero attached hydrogens (tertiary/aromatic N) is 1. The fourth-order valence-electron chi connectivity index (χ4n) is 2.28. The van der Waals surface area contributed by atoms with Crippen LogP contribution in [0.5, 0.6) is 11.5 Å². The Bertz CT molecular complexity index is 750. The van der Waals surface area contributed by atoms with Gasteiger partial charge in [0.1, 0.15) is 6.61 Å². The van der Waals surface area contributed by atoms with Crippen molar-refractivity contribution in [3.63, 3.8) is 0 Å². The van der Waals surface area contributed by atoms with Crippen LogP contribution in [0.15, 0.2) is 36.4 Å². The number of hydrogen-bond donors (Lipinski definition) is 2. The van der Waals surface area contributed by atoms with Gasteiger partial charge in [0, 0.05) is 36.3 Å². The van der Waals surface area contributed by atoms with Gasteiger partial charge in [0.2, 0.25) is 0 Å². The second-order valence-electron chi connectivity index (χ2n) is 5.79. The van der Waals surface area contributed by atoms with Crippen molar-refractivity contribution in [2.45, 2.75) is 26.2 Å². The molecular weight excluding hydrogens is 360 g/mol. The first-order valence-corrected chi connectivity index (χ1v) is 8.39. The SMILES string of the molecule is COc1cc(CNCC(C)O)c(Cl)cc1OCc1ccc([N+](=O)[O-])cc1. The van der Waals surface area contributed by atoms with Gasteiger partial charge >= 0.3 is 0 Å². The fraction of sp³-hybridized carbons (Fsp3) is 0.333. The second-order valence-corrected chi connectivity index (χ2v) is 6.19. The van der Waals surface area contributed by atoms with Crippen molar-refractivity contribution in [3.05, 3.63) is 62.7 Å². The van der Waals surface area contributed by atoms with Crippen LogP contribution < -0.4 is 14.8 Å². The lowest BCUT2D eigenvalue weighted by molar-refractivity contribution is -0.384. The van der Waals surface area contributed by atoms with Gasteiger partial charge < -0.3 is 19.9 Å². The Morgan fingerprint density at radius 2 is 1.96 bits per heavy atom. The standard InChI is InChI=1S/C18H21ClN2O5/c1-12(22)9-20-10-14-7-17(25-2)18(8-16(14)19)26-11-13-3-5-15(6-4-13)21(23)24/h3-8,12,20,22H,9-11H2,1-2H3. The summed E-state index contributed by atoms with van der Waals surface area (Å²) in [6.07, 6.45) is -0.444. The molecule has 0 saturated carbocycles. The maximum atomic E-state index is 10.7. The number of non-ortho nitro benzene ring substituents is 1. The zero-order chi connectivity index (χ0) is 19.1. The van der Waals surface area contributed by atoms with Crippen molar-refractivity contribution in [1.82, 2.24) is 5.32 Å². The molecule has 0 aromatic heterocycles. The third-order valence-electron chi connectivity index (χ3n) is 3.63. The van der Waals surface area contributed by atoms with Crippen LogP contribution in [-0.4, -0.2) is 29.8 Å². The van der Waals surface area contributed by atoms with Gasteiger partial charge in [0.25, 0.3) is 5.69 Å². The highest BCUT2D eigenvalue weighted by atomic mass is 35.5. The molecule has 8 heteroatoms. The fourth-order valence-corrected chi connectivity index (χ4v) is 2.50. The maximum Gasteiger partial charge on any atom is 0.269 e. The lowest BCUT2D eigenvalue weighted by Crippen LogP contribution is -2.24. The van der Waals surface area contributed by atoms with Crippen LogP contribution in [0.1, 0.15) is 18.1 Å². The molecule has 0 aliphatic carbocycles. The van der Waals surface area contributed by atoms with Gasteiger partial charge in [-0.2, -0.15) is 0 Å². The van der Waals surface area contributed by atoms with E-state index >= 15 is 0 Å². The van der Waals surface area contributed by atoms with Crippen LogP contribution in [-0.2, 0) is 13.2 Å². The van der Waals surface area contributed by atoms with Crippen LogP contribution in [0, 0.1) is 10.1 Å². The molecule has 7 nitrogen and oxygen atoms in total. The van der Waals surface area contributed by atoms with Crippen LogP contribution in [0.4, 0.5) is 5.69 Å². The molecule has 2 rings (SSSR count). The van der Waals surface area contributed by atoms with E-state index in [1.807, 2.05) is 0 Å². The van der Waals surface area contributed by atoms with Gasteiger partial charge in [-0.3, -0.25) is 10.1 Å². The minimum Gasteiger partial charge on any atom is -0.493 e. The van der Waals surface area contributed by atoms with E-state index in [4.69, 9.17) is 21.1 Å². The summed E-state index contributed by atoms with van der Waals surface area (Å²) in [5, 5.41) is 23.6. The van der Waals surface area contributed by atoms with E-state index in [9.17, 15) is 15.2 Å². The lowest BCUT2D eigenvalue weighted by atomic mass is 10.2. The summed E-state index contributed by atoms with van der Waals surface area (Å²) in [5.74, 6) is 1.01. The van der Waals surface area contributed by atoms with E-state index in [0.29, 0.717) is 29.6 Å². The Balaban J connectivity index is 2.06. The first-order valence-electron chi connectivity index (χ1n) is 8.02. The summed E-state index contributed by atoms with van der Waals surface area (Å²) >= 11 is 6.30. The minimum absolute atomic E-state index is 0.0309. The molecule has 1 unspecified atom stereocenters. The van der Waals surface area contributed by atoms with Gasteiger partial charge in [-0.05, 0) is 36.2 Å². The number of benzene rings is 2. The Morgan fingerprint density at radius 1 is 1.27 bits per heavy atom. The van der Waals surface area contributed by atoms with Crippen LogP contribution >= 0.6 is 11.6 Å². The molecule has 0 radical (unpaired) electrons. The normalized spacial score (nSPS) is 11.8. The van der Waals surface area contributed by atoms with Gasteiger partial charge in [0.15, 0.2) is 11.5 Å². The van der Waals surface area contributed by atoms with Gasteiger partial charge in [0.05, 0.1) is 18.1 Å². The summed E-state index contributed by atoms with van der Waals surface area (Å²) in [7, 11) is 1.54. The van der Waals surface area contributed by atoms with Crippen molar-refractivity contribution >= 4 is 17.3 Å². The van der Waals surface area contributed by atoms with Crippen molar-refractivity contribution in [1.29, 1.82) is 0 Å². The molecular formula is C18H21ClN2O5. The Kier molecular flexibility index (Phi) is 7.20. The Morgan fingerprint density at radius 3 is 2.54 bits per heavy atom. The van der Waals surface area contributed by atoms with Gasteiger partial charge in [-0.15, -0.1) is 0 Å². The number of nitro groups is 1. The number of aliphatic hydroxyl groups excluding tert-OH is 1. The van der Waals surface area contributed by atoms with Crippen LogP contribution in [0.3, 0.4) is 0 Å². The smallest absolute Gasteiger partial charge is 0.269 e. The monoisotopic (exact) mass is 380 g/mol. The van der Waals surface area contributed by atoms with E-state index < -0.39 is 11.0 Å². The molecule has 1 atom stereocenters. The van der Waals surface area contributed by atoms with Gasteiger partial charge in [-0.25, -0.2) is 0 Å². The number of halogens is 1.